The van der Waals surface area contributed by atoms with E-state index in [0.29, 0.717) is 37.4 Å². The summed E-state index contributed by atoms with van der Waals surface area (Å²) in [5.41, 5.74) is 3.29. The minimum atomic E-state index is -0.483. The molecular weight excluding hydrogens is 396 g/mol. The van der Waals surface area contributed by atoms with E-state index in [1.54, 1.807) is 4.90 Å². The Labute approximate surface area is 185 Å². The minimum Gasteiger partial charge on any atom is -0.354 e. The second-order valence-electron chi connectivity index (χ2n) is 7.70. The first-order chi connectivity index (χ1) is 14.4. The van der Waals surface area contributed by atoms with Crippen molar-refractivity contribution >= 4 is 23.4 Å². The monoisotopic (exact) mass is 428 g/mol. The fraction of sp³-hybridized carbons (Fsp3) is 0.440. The van der Waals surface area contributed by atoms with E-state index < -0.39 is 6.04 Å². The molecule has 2 amide bonds. The lowest BCUT2D eigenvalue weighted by molar-refractivity contribution is -0.141. The number of halogens is 1. The molecule has 2 rings (SSSR count). The van der Waals surface area contributed by atoms with Gasteiger partial charge in [0.2, 0.25) is 11.8 Å². The summed E-state index contributed by atoms with van der Waals surface area (Å²) in [6.07, 6.45) is 3.54. The van der Waals surface area contributed by atoms with Crippen molar-refractivity contribution in [3.63, 3.8) is 0 Å². The number of nitrogens with one attached hydrogen (secondary N) is 1. The Balaban J connectivity index is 2.15. The molecular formula is C25H33ClN2O2. The Morgan fingerprint density at radius 1 is 1.00 bits per heavy atom. The predicted octanol–water partition coefficient (Wildman–Crippen LogP) is 5.30. The Morgan fingerprint density at radius 3 is 2.23 bits per heavy atom. The lowest BCUT2D eigenvalue weighted by atomic mass is 10.0. The molecule has 0 aliphatic heterocycles. The minimum absolute atomic E-state index is 0.0111. The molecule has 1 unspecified atom stereocenters. The Morgan fingerprint density at radius 2 is 1.63 bits per heavy atom. The third-order valence-electron chi connectivity index (χ3n) is 5.23. The van der Waals surface area contributed by atoms with Crippen LogP contribution in [0.15, 0.2) is 48.5 Å². The maximum absolute atomic E-state index is 13.2. The summed E-state index contributed by atoms with van der Waals surface area (Å²) in [6, 6.07) is 15.2. The largest absolute Gasteiger partial charge is 0.354 e. The summed E-state index contributed by atoms with van der Waals surface area (Å²) < 4.78 is 0. The molecule has 0 aliphatic carbocycles. The topological polar surface area (TPSA) is 49.4 Å². The standard InChI is InChI=1S/C25H33ClN2O2/c1-4-6-17-27-25(30)23(5-2)28(18-21-11-14-22(26)15-12-21)24(29)16-13-20-9-7-19(3)8-10-20/h7-12,14-15,23H,4-6,13,16-18H2,1-3H3,(H,27,30). The lowest BCUT2D eigenvalue weighted by Gasteiger charge is -2.31. The van der Waals surface area contributed by atoms with Crippen LogP contribution in [-0.2, 0) is 22.6 Å². The Bertz CT molecular complexity index is 803. The van der Waals surface area contributed by atoms with Crippen molar-refractivity contribution in [3.8, 4) is 0 Å². The first kappa shape index (κ1) is 23.9. The van der Waals surface area contributed by atoms with Crippen molar-refractivity contribution in [3.05, 3.63) is 70.2 Å². The number of hydrogen-bond donors (Lipinski definition) is 1. The van der Waals surface area contributed by atoms with Gasteiger partial charge in [0.1, 0.15) is 6.04 Å². The van der Waals surface area contributed by atoms with Gasteiger partial charge in [0.15, 0.2) is 0 Å². The van der Waals surface area contributed by atoms with Crippen LogP contribution in [0.4, 0.5) is 0 Å². The summed E-state index contributed by atoms with van der Waals surface area (Å²) in [5.74, 6) is -0.0911. The highest BCUT2D eigenvalue weighted by atomic mass is 35.5. The molecule has 4 nitrogen and oxygen atoms in total. The van der Waals surface area contributed by atoms with Crippen molar-refractivity contribution in [2.75, 3.05) is 6.54 Å². The number of rotatable bonds is 11. The molecule has 0 aliphatic rings. The van der Waals surface area contributed by atoms with Crippen molar-refractivity contribution in [2.45, 2.75) is 65.5 Å². The van der Waals surface area contributed by atoms with E-state index >= 15 is 0 Å². The van der Waals surface area contributed by atoms with Gasteiger partial charge >= 0.3 is 0 Å². The van der Waals surface area contributed by atoms with Gasteiger partial charge in [-0.05, 0) is 49.4 Å². The van der Waals surface area contributed by atoms with Crippen LogP contribution in [0, 0.1) is 6.92 Å². The number of carbonyl (C=O) groups excluding carboxylic acids is 2. The third kappa shape index (κ3) is 7.49. The van der Waals surface area contributed by atoms with Crippen LogP contribution in [-0.4, -0.2) is 29.3 Å². The zero-order chi connectivity index (χ0) is 21.9. The molecule has 2 aromatic rings. The van der Waals surface area contributed by atoms with Crippen LogP contribution < -0.4 is 5.32 Å². The van der Waals surface area contributed by atoms with Crippen LogP contribution >= 0.6 is 11.6 Å². The molecule has 0 spiro atoms. The lowest BCUT2D eigenvalue weighted by Crippen LogP contribution is -2.49. The van der Waals surface area contributed by atoms with Crippen LogP contribution in [0.1, 0.15) is 56.2 Å². The quantitative estimate of drug-likeness (QED) is 0.493. The number of unbranched alkanes of at least 4 members (excludes halogenated alkanes) is 1. The van der Waals surface area contributed by atoms with Gasteiger partial charge < -0.3 is 10.2 Å². The number of hydrogen-bond acceptors (Lipinski definition) is 2. The predicted molar refractivity (Wildman–Crippen MR) is 123 cm³/mol. The number of aryl methyl sites for hydroxylation is 2. The number of benzene rings is 2. The maximum atomic E-state index is 13.2. The smallest absolute Gasteiger partial charge is 0.242 e. The van der Waals surface area contributed by atoms with Gasteiger partial charge in [-0.25, -0.2) is 0 Å². The summed E-state index contributed by atoms with van der Waals surface area (Å²) in [4.78, 5) is 27.8. The average molecular weight is 429 g/mol. The number of carbonyl (C=O) groups is 2. The third-order valence-corrected chi connectivity index (χ3v) is 5.48. The first-order valence-electron chi connectivity index (χ1n) is 10.8. The first-order valence-corrected chi connectivity index (χ1v) is 11.2. The fourth-order valence-electron chi connectivity index (χ4n) is 3.36. The van der Waals surface area contributed by atoms with Gasteiger partial charge in [-0.15, -0.1) is 0 Å². The molecule has 30 heavy (non-hydrogen) atoms. The molecule has 0 saturated carbocycles. The average Bonchev–Trinajstić information content (AvgIpc) is 2.74. The molecule has 0 heterocycles. The highest BCUT2D eigenvalue weighted by Gasteiger charge is 2.28. The van der Waals surface area contributed by atoms with Gasteiger partial charge in [0, 0.05) is 24.5 Å². The summed E-state index contributed by atoms with van der Waals surface area (Å²) in [7, 11) is 0. The van der Waals surface area contributed by atoms with Crippen LogP contribution in [0.25, 0.3) is 0 Å². The summed E-state index contributed by atoms with van der Waals surface area (Å²) >= 11 is 6.01. The highest BCUT2D eigenvalue weighted by Crippen LogP contribution is 2.17. The molecule has 0 aromatic heterocycles. The second kappa shape index (κ2) is 12.4. The fourth-order valence-corrected chi connectivity index (χ4v) is 3.49. The second-order valence-corrected chi connectivity index (χ2v) is 8.14. The molecule has 1 N–H and O–H groups in total. The SMILES string of the molecule is CCCCNC(=O)C(CC)N(Cc1ccc(Cl)cc1)C(=O)CCc1ccc(C)cc1. The molecule has 2 aromatic carbocycles. The van der Waals surface area contributed by atoms with Gasteiger partial charge in [0.25, 0.3) is 0 Å². The molecule has 162 valence electrons. The van der Waals surface area contributed by atoms with E-state index in [0.717, 1.165) is 24.0 Å². The van der Waals surface area contributed by atoms with E-state index in [2.05, 4.69) is 36.5 Å². The van der Waals surface area contributed by atoms with E-state index in [4.69, 9.17) is 11.6 Å². The molecule has 0 bridgehead atoms. The van der Waals surface area contributed by atoms with Crippen molar-refractivity contribution in [1.29, 1.82) is 0 Å². The summed E-state index contributed by atoms with van der Waals surface area (Å²) in [5, 5.41) is 3.64. The van der Waals surface area contributed by atoms with E-state index in [1.165, 1.54) is 5.56 Å². The number of nitrogens with zero attached hydrogens (tertiary/aromatic N) is 1. The Hall–Kier alpha value is -2.33. The normalized spacial score (nSPS) is 11.7. The zero-order valence-electron chi connectivity index (χ0n) is 18.3. The van der Waals surface area contributed by atoms with Gasteiger partial charge in [-0.2, -0.15) is 0 Å². The highest BCUT2D eigenvalue weighted by molar-refractivity contribution is 6.30. The van der Waals surface area contributed by atoms with Crippen molar-refractivity contribution < 1.29 is 9.59 Å². The van der Waals surface area contributed by atoms with Crippen LogP contribution in [0.3, 0.4) is 0 Å². The zero-order valence-corrected chi connectivity index (χ0v) is 19.0. The van der Waals surface area contributed by atoms with E-state index in [-0.39, 0.29) is 11.8 Å². The Kier molecular flexibility index (Phi) is 9.88. The molecule has 0 radical (unpaired) electrons. The maximum Gasteiger partial charge on any atom is 0.242 e. The van der Waals surface area contributed by atoms with E-state index in [1.807, 2.05) is 38.1 Å². The van der Waals surface area contributed by atoms with Crippen LogP contribution in [0.2, 0.25) is 5.02 Å². The van der Waals surface area contributed by atoms with E-state index in [9.17, 15) is 9.59 Å². The van der Waals surface area contributed by atoms with Gasteiger partial charge in [-0.1, -0.05) is 73.8 Å². The molecule has 0 fully saturated rings. The van der Waals surface area contributed by atoms with Crippen molar-refractivity contribution in [2.24, 2.45) is 0 Å². The van der Waals surface area contributed by atoms with Gasteiger partial charge in [-0.3, -0.25) is 9.59 Å². The molecule has 0 saturated heterocycles. The van der Waals surface area contributed by atoms with Crippen LogP contribution in [0.5, 0.6) is 0 Å². The molecule has 1 atom stereocenters. The van der Waals surface area contributed by atoms with Crippen molar-refractivity contribution in [1.82, 2.24) is 10.2 Å². The molecule has 5 heteroatoms. The van der Waals surface area contributed by atoms with Gasteiger partial charge in [0.05, 0.1) is 0 Å². The number of amides is 2. The summed E-state index contributed by atoms with van der Waals surface area (Å²) in [6.45, 7) is 7.12.